The smallest absolute Gasteiger partial charge is 0.346 e. The van der Waals surface area contributed by atoms with E-state index < -0.39 is 106 Å². The lowest BCUT2D eigenvalue weighted by atomic mass is 10.1. The SMILES string of the molecule is N=C1N=C2C(N=CN2[C@@H]2O[C@@H]3COP(O)(=S)O[C@H]4[C@H](F)[C@H](N5C=NC6C(=O)N=CN=C65)O[C@@H]4COP(=O)(S)O[C@@H]2[C@H]3F)C(=O)N1. The summed E-state index contributed by atoms with van der Waals surface area (Å²) in [6, 6.07) is -2.28. The van der Waals surface area contributed by atoms with Gasteiger partial charge in [-0.25, -0.2) is 18.3 Å². The third kappa shape index (κ3) is 5.63. The highest BCUT2D eigenvalue weighted by molar-refractivity contribution is 8.44. The molecule has 25 heteroatoms. The Hall–Kier alpha value is -2.43. The molecule has 0 radical (unpaired) electrons. The second kappa shape index (κ2) is 11.4. The molecule has 7 aliphatic rings. The summed E-state index contributed by atoms with van der Waals surface area (Å²) in [7, 11) is 0. The molecule has 242 valence electrons. The van der Waals surface area contributed by atoms with E-state index in [0.29, 0.717) is 0 Å². The number of ether oxygens (including phenoxy) is 2. The third-order valence-electron chi connectivity index (χ3n) is 7.42. The number of hydrogen-bond acceptors (Lipinski definition) is 16. The molecule has 7 rings (SSSR count). The highest BCUT2D eigenvalue weighted by atomic mass is 32.7. The summed E-state index contributed by atoms with van der Waals surface area (Å²) in [6.45, 7) is -10.3. The Balaban J connectivity index is 1.15. The average Bonchev–Trinajstić information content (AvgIpc) is 3.72. The zero-order chi connectivity index (χ0) is 31.8. The zero-order valence-corrected chi connectivity index (χ0v) is 25.7. The number of alkyl halides is 2. The maximum Gasteiger partial charge on any atom is 0.386 e. The molecule has 3 N–H and O–H groups in total. The number of nitrogens with zero attached hydrogens (tertiary/aromatic N) is 7. The van der Waals surface area contributed by atoms with Crippen LogP contribution in [-0.4, -0.2) is 138 Å². The number of halogens is 2. The van der Waals surface area contributed by atoms with E-state index in [1.165, 1.54) is 0 Å². The first-order valence-electron chi connectivity index (χ1n) is 13.0. The summed E-state index contributed by atoms with van der Waals surface area (Å²) in [5, 5.41) is 9.95. The summed E-state index contributed by atoms with van der Waals surface area (Å²) in [6.07, 6.45) is -10.4. The van der Waals surface area contributed by atoms with Crippen LogP contribution in [0.3, 0.4) is 0 Å². The molecule has 0 aliphatic carbocycles. The van der Waals surface area contributed by atoms with Crippen LogP contribution in [0.15, 0.2) is 25.0 Å². The van der Waals surface area contributed by atoms with Gasteiger partial charge in [0.2, 0.25) is 5.96 Å². The number of thiol groups is 1. The lowest BCUT2D eigenvalue weighted by molar-refractivity contribution is -0.120. The zero-order valence-electron chi connectivity index (χ0n) is 22.2. The molecule has 0 aromatic carbocycles. The lowest BCUT2D eigenvalue weighted by Gasteiger charge is -2.31. The molecular formula is C20H21F2N9O10P2S2. The Labute approximate surface area is 261 Å². The monoisotopic (exact) mass is 711 g/mol. The molecule has 0 aromatic rings. The van der Waals surface area contributed by atoms with E-state index in [1.54, 1.807) is 0 Å². The number of rotatable bonds is 2. The van der Waals surface area contributed by atoms with Gasteiger partial charge in [-0.1, -0.05) is 12.2 Å². The van der Waals surface area contributed by atoms with Crippen LogP contribution >= 0.6 is 25.8 Å². The van der Waals surface area contributed by atoms with Gasteiger partial charge >= 0.3 is 13.5 Å². The van der Waals surface area contributed by atoms with Crippen LogP contribution in [-0.2, 0) is 53.5 Å². The summed E-state index contributed by atoms with van der Waals surface area (Å²) in [5.41, 5.74) is 0. The van der Waals surface area contributed by atoms with Crippen LogP contribution in [0.4, 0.5) is 8.78 Å². The topological polar surface area (TPSA) is 231 Å². The largest absolute Gasteiger partial charge is 0.386 e. The van der Waals surface area contributed by atoms with Gasteiger partial charge in [0.1, 0.15) is 36.6 Å². The Kier molecular flexibility index (Phi) is 7.88. The van der Waals surface area contributed by atoms with E-state index in [-0.39, 0.29) is 11.7 Å². The van der Waals surface area contributed by atoms with Gasteiger partial charge < -0.3 is 18.9 Å². The highest BCUT2D eigenvalue weighted by Gasteiger charge is 2.57. The van der Waals surface area contributed by atoms with Crippen molar-refractivity contribution in [2.45, 2.75) is 61.3 Å². The van der Waals surface area contributed by atoms with Crippen molar-refractivity contribution in [3.63, 3.8) is 0 Å². The number of guanidine groups is 1. The van der Waals surface area contributed by atoms with Crippen LogP contribution in [0.2, 0.25) is 0 Å². The number of aliphatic imine (C=N–C) groups is 5. The summed E-state index contributed by atoms with van der Waals surface area (Å²) >= 11 is 9.06. The minimum Gasteiger partial charge on any atom is -0.346 e. The van der Waals surface area contributed by atoms with Gasteiger partial charge in [-0.15, -0.1) is 0 Å². The van der Waals surface area contributed by atoms with E-state index in [9.17, 15) is 19.0 Å². The van der Waals surface area contributed by atoms with Crippen molar-refractivity contribution < 1.29 is 55.4 Å². The van der Waals surface area contributed by atoms with Gasteiger partial charge in [0.05, 0.1) is 25.9 Å². The Morgan fingerprint density at radius 1 is 1.00 bits per heavy atom. The number of hydrogen-bond donors (Lipinski definition) is 4. The molecule has 19 nitrogen and oxygen atoms in total. The van der Waals surface area contributed by atoms with Gasteiger partial charge in [0.25, 0.3) is 11.8 Å². The third-order valence-corrected chi connectivity index (χ3v) is 10.6. The molecule has 4 unspecified atom stereocenters. The molecular weight excluding hydrogens is 690 g/mol. The predicted molar refractivity (Wildman–Crippen MR) is 154 cm³/mol. The van der Waals surface area contributed by atoms with Gasteiger partial charge in [-0.05, 0) is 11.8 Å². The van der Waals surface area contributed by atoms with Crippen molar-refractivity contribution in [3.05, 3.63) is 0 Å². The lowest BCUT2D eigenvalue weighted by Crippen LogP contribution is -2.53. The van der Waals surface area contributed by atoms with Crippen molar-refractivity contribution in [2.75, 3.05) is 13.2 Å². The first-order chi connectivity index (χ1) is 21.3. The fourth-order valence-electron chi connectivity index (χ4n) is 5.41. The number of nitrogens with one attached hydrogen (secondary N) is 2. The molecule has 7 heterocycles. The van der Waals surface area contributed by atoms with Crippen LogP contribution < -0.4 is 5.32 Å². The fraction of sp³-hybridized carbons (Fsp3) is 0.600. The number of carbonyl (C=O) groups is 2. The quantitative estimate of drug-likeness (QED) is 0.200. The van der Waals surface area contributed by atoms with E-state index in [2.05, 4.69) is 42.5 Å². The predicted octanol–water partition coefficient (Wildman–Crippen LogP) is -0.961. The molecule has 7 aliphatic heterocycles. The van der Waals surface area contributed by atoms with E-state index >= 15 is 8.78 Å². The van der Waals surface area contributed by atoms with Crippen molar-refractivity contribution >= 4 is 86.0 Å². The number of carbonyl (C=O) groups excluding carboxylic acids is 2. The first kappa shape index (κ1) is 31.2. The second-order valence-electron chi connectivity index (χ2n) is 10.2. The summed E-state index contributed by atoms with van der Waals surface area (Å²) < 4.78 is 78.5. The number of amidine groups is 2. The maximum atomic E-state index is 15.9. The van der Waals surface area contributed by atoms with Crippen molar-refractivity contribution in [2.24, 2.45) is 25.0 Å². The van der Waals surface area contributed by atoms with E-state index in [4.69, 9.17) is 44.8 Å². The summed E-state index contributed by atoms with van der Waals surface area (Å²) in [4.78, 5) is 57.0. The van der Waals surface area contributed by atoms with Crippen LogP contribution in [0, 0.1) is 5.41 Å². The van der Waals surface area contributed by atoms with Gasteiger partial charge in [-0.3, -0.25) is 53.7 Å². The highest BCUT2D eigenvalue weighted by Crippen LogP contribution is 2.58. The molecule has 0 saturated carbocycles. The van der Waals surface area contributed by atoms with Crippen molar-refractivity contribution in [1.29, 1.82) is 5.41 Å². The standard InChI is InChI=1S/C20H21F2N9O10P2S2/c21-8-6-1-36-42(34,44)40-12-7(39-18(9(12)22)30-4-26-10-14(30)24-3-25-16(10)32)2-37-43(35,45)41-13(8)19(38-6)31-5-27-11-15(31)28-20(23)29-17(11)33/h3-13,18-19H,1-2H2,(H,34,44)(H,35,45)(H2,23,29,33)/t6-,7-,8+,9+,10?,11?,12-,13-,18-,19-,42?,43?/m1/s1. The van der Waals surface area contributed by atoms with E-state index in [1.807, 2.05) is 0 Å². The Morgan fingerprint density at radius 2 is 1.69 bits per heavy atom. The molecule has 3 fully saturated rings. The molecule has 0 aromatic heterocycles. The molecule has 2 amide bonds. The van der Waals surface area contributed by atoms with Crippen LogP contribution in [0.5, 0.6) is 0 Å². The maximum absolute atomic E-state index is 15.9. The van der Waals surface area contributed by atoms with Gasteiger partial charge in [0.15, 0.2) is 42.7 Å². The van der Waals surface area contributed by atoms with Crippen molar-refractivity contribution in [3.8, 4) is 0 Å². The molecule has 45 heavy (non-hydrogen) atoms. The van der Waals surface area contributed by atoms with Gasteiger partial charge in [-0.2, -0.15) is 9.98 Å². The minimum atomic E-state index is -4.51. The van der Waals surface area contributed by atoms with Crippen LogP contribution in [0.25, 0.3) is 0 Å². The van der Waals surface area contributed by atoms with Crippen LogP contribution in [0.1, 0.15) is 0 Å². The van der Waals surface area contributed by atoms with Gasteiger partial charge in [0, 0.05) is 0 Å². The Morgan fingerprint density at radius 3 is 2.47 bits per heavy atom. The number of fused-ring (bicyclic) bond motifs is 5. The molecule has 0 spiro atoms. The van der Waals surface area contributed by atoms with Crippen molar-refractivity contribution in [1.82, 2.24) is 15.1 Å². The van der Waals surface area contributed by atoms with E-state index in [0.717, 1.165) is 28.8 Å². The Bertz CT molecular complexity index is 1600. The number of amides is 2. The molecule has 2 bridgehead atoms. The normalized spacial score (nSPS) is 46.1. The average molecular weight is 712 g/mol. The molecule has 12 atom stereocenters. The fourth-order valence-corrected chi connectivity index (χ4v) is 8.30. The summed E-state index contributed by atoms with van der Waals surface area (Å²) in [5.74, 6) is -1.86. The first-order valence-corrected chi connectivity index (χ1v) is 18.3. The minimum absolute atomic E-state index is 0.0249. The molecule has 3 saturated heterocycles. The second-order valence-corrected chi connectivity index (χ2v) is 15.9.